The van der Waals surface area contributed by atoms with E-state index in [1.807, 2.05) is 49.4 Å². The molecule has 1 aliphatic rings. The summed E-state index contributed by atoms with van der Waals surface area (Å²) in [5.41, 5.74) is 4.15. The van der Waals surface area contributed by atoms with Gasteiger partial charge in [-0.15, -0.1) is 0 Å². The molecule has 1 N–H and O–H groups in total. The number of anilines is 1. The van der Waals surface area contributed by atoms with E-state index in [-0.39, 0.29) is 24.1 Å². The summed E-state index contributed by atoms with van der Waals surface area (Å²) in [6.07, 6.45) is 0.890. The van der Waals surface area contributed by atoms with Crippen molar-refractivity contribution in [2.45, 2.75) is 32.4 Å². The Balaban J connectivity index is 1.61. The maximum Gasteiger partial charge on any atom is 0.255 e. The Morgan fingerprint density at radius 1 is 1.03 bits per heavy atom. The molecular weight excluding hydrogens is 379 g/mol. The average molecular weight is 402 g/mol. The SMILES string of the molecule is CCc1ccccc1NC(=O)C[C@@H](c1ccc(F)cc1)N1Cc2ccccc2C1=O. The zero-order valence-corrected chi connectivity index (χ0v) is 16.8. The smallest absolute Gasteiger partial charge is 0.255 e. The third-order valence-corrected chi connectivity index (χ3v) is 5.53. The van der Waals surface area contributed by atoms with E-state index in [0.29, 0.717) is 12.1 Å². The van der Waals surface area contributed by atoms with Gasteiger partial charge < -0.3 is 10.2 Å². The molecule has 0 aromatic heterocycles. The molecule has 5 heteroatoms. The van der Waals surface area contributed by atoms with Crippen molar-refractivity contribution in [2.24, 2.45) is 0 Å². The van der Waals surface area contributed by atoms with Gasteiger partial charge in [-0.05, 0) is 47.4 Å². The summed E-state index contributed by atoms with van der Waals surface area (Å²) in [5, 5.41) is 2.98. The average Bonchev–Trinajstić information content (AvgIpc) is 3.10. The monoisotopic (exact) mass is 402 g/mol. The van der Waals surface area contributed by atoms with Gasteiger partial charge in [0.15, 0.2) is 0 Å². The van der Waals surface area contributed by atoms with Gasteiger partial charge in [0.2, 0.25) is 5.91 Å². The van der Waals surface area contributed by atoms with Crippen LogP contribution in [0, 0.1) is 5.82 Å². The molecule has 3 aromatic rings. The molecule has 0 saturated carbocycles. The molecule has 30 heavy (non-hydrogen) atoms. The molecule has 0 aliphatic carbocycles. The molecule has 4 rings (SSSR count). The van der Waals surface area contributed by atoms with Gasteiger partial charge in [0.05, 0.1) is 12.5 Å². The molecular formula is C25H23FN2O2. The maximum absolute atomic E-state index is 13.5. The van der Waals surface area contributed by atoms with Gasteiger partial charge in [-0.3, -0.25) is 9.59 Å². The molecule has 1 heterocycles. The van der Waals surface area contributed by atoms with E-state index in [1.165, 1.54) is 12.1 Å². The van der Waals surface area contributed by atoms with Crippen molar-refractivity contribution in [3.63, 3.8) is 0 Å². The molecule has 152 valence electrons. The predicted octanol–water partition coefficient (Wildman–Crippen LogP) is 5.11. The first kappa shape index (κ1) is 19.8. The number of halogens is 1. The fraction of sp³-hybridized carbons (Fsp3) is 0.200. The summed E-state index contributed by atoms with van der Waals surface area (Å²) >= 11 is 0. The zero-order chi connectivity index (χ0) is 21.1. The second-order valence-corrected chi connectivity index (χ2v) is 7.42. The van der Waals surface area contributed by atoms with Crippen LogP contribution in [0.3, 0.4) is 0 Å². The Hall–Kier alpha value is -3.47. The highest BCUT2D eigenvalue weighted by Gasteiger charge is 2.34. The highest BCUT2D eigenvalue weighted by molar-refractivity contribution is 5.99. The van der Waals surface area contributed by atoms with Crippen LogP contribution in [-0.2, 0) is 17.8 Å². The van der Waals surface area contributed by atoms with Crippen LogP contribution in [0.5, 0.6) is 0 Å². The first-order valence-electron chi connectivity index (χ1n) is 10.1. The van der Waals surface area contributed by atoms with E-state index in [1.54, 1.807) is 23.1 Å². The Bertz CT molecular complexity index is 1080. The zero-order valence-electron chi connectivity index (χ0n) is 16.8. The van der Waals surface area contributed by atoms with E-state index in [2.05, 4.69) is 5.32 Å². The van der Waals surface area contributed by atoms with Gasteiger partial charge in [0, 0.05) is 17.8 Å². The quantitative estimate of drug-likeness (QED) is 0.623. The van der Waals surface area contributed by atoms with Gasteiger partial charge >= 0.3 is 0 Å². The molecule has 1 aliphatic heterocycles. The van der Waals surface area contributed by atoms with Crippen LogP contribution in [-0.4, -0.2) is 16.7 Å². The summed E-state index contributed by atoms with van der Waals surface area (Å²) in [5.74, 6) is -0.648. The molecule has 0 unspecified atom stereocenters. The number of aryl methyl sites for hydroxylation is 1. The summed E-state index contributed by atoms with van der Waals surface area (Å²) in [7, 11) is 0. The molecule has 0 saturated heterocycles. The van der Waals surface area contributed by atoms with Crippen LogP contribution in [0.2, 0.25) is 0 Å². The molecule has 3 aromatic carbocycles. The highest BCUT2D eigenvalue weighted by atomic mass is 19.1. The largest absolute Gasteiger partial charge is 0.327 e. The lowest BCUT2D eigenvalue weighted by molar-refractivity contribution is -0.117. The second-order valence-electron chi connectivity index (χ2n) is 7.42. The lowest BCUT2D eigenvalue weighted by atomic mass is 10.0. The normalized spacial score (nSPS) is 13.8. The number of hydrogen-bond acceptors (Lipinski definition) is 2. The number of carbonyl (C=O) groups excluding carboxylic acids is 2. The third-order valence-electron chi connectivity index (χ3n) is 5.53. The topological polar surface area (TPSA) is 49.4 Å². The first-order chi connectivity index (χ1) is 14.6. The predicted molar refractivity (Wildman–Crippen MR) is 115 cm³/mol. The van der Waals surface area contributed by atoms with Crippen molar-refractivity contribution < 1.29 is 14.0 Å². The van der Waals surface area contributed by atoms with Crippen molar-refractivity contribution in [3.8, 4) is 0 Å². The van der Waals surface area contributed by atoms with Crippen molar-refractivity contribution >= 4 is 17.5 Å². The summed E-state index contributed by atoms with van der Waals surface area (Å²) in [4.78, 5) is 27.7. The minimum absolute atomic E-state index is 0.0867. The molecule has 0 bridgehead atoms. The number of nitrogens with one attached hydrogen (secondary N) is 1. The van der Waals surface area contributed by atoms with Crippen LogP contribution in [0.1, 0.15) is 46.4 Å². The van der Waals surface area contributed by atoms with Crippen LogP contribution in [0.4, 0.5) is 10.1 Å². The van der Waals surface area contributed by atoms with Crippen molar-refractivity contribution in [1.82, 2.24) is 4.90 Å². The van der Waals surface area contributed by atoms with Gasteiger partial charge in [-0.25, -0.2) is 4.39 Å². The van der Waals surface area contributed by atoms with E-state index >= 15 is 0 Å². The van der Waals surface area contributed by atoms with E-state index in [4.69, 9.17) is 0 Å². The number of benzene rings is 3. The van der Waals surface area contributed by atoms with Crippen molar-refractivity contribution in [3.05, 3.63) is 101 Å². The van der Waals surface area contributed by atoms with Crippen LogP contribution < -0.4 is 5.32 Å². The Morgan fingerprint density at radius 3 is 2.47 bits per heavy atom. The van der Waals surface area contributed by atoms with Gasteiger partial charge in [0.1, 0.15) is 5.82 Å². The minimum Gasteiger partial charge on any atom is -0.327 e. The molecule has 0 radical (unpaired) electrons. The van der Waals surface area contributed by atoms with Crippen LogP contribution in [0.15, 0.2) is 72.8 Å². The lowest BCUT2D eigenvalue weighted by Gasteiger charge is -2.28. The van der Waals surface area contributed by atoms with Crippen molar-refractivity contribution in [1.29, 1.82) is 0 Å². The van der Waals surface area contributed by atoms with Gasteiger partial charge in [-0.1, -0.05) is 55.5 Å². The standard InChI is InChI=1S/C25H23FN2O2/c1-2-17-7-4-6-10-22(17)27-24(29)15-23(18-11-13-20(26)14-12-18)28-16-19-8-3-5-9-21(19)25(28)30/h3-14,23H,2,15-16H2,1H3,(H,27,29)/t23-/m0/s1. The van der Waals surface area contributed by atoms with E-state index in [9.17, 15) is 14.0 Å². The first-order valence-corrected chi connectivity index (χ1v) is 10.1. The van der Waals surface area contributed by atoms with Crippen LogP contribution >= 0.6 is 0 Å². The summed E-state index contributed by atoms with van der Waals surface area (Å²) < 4.78 is 13.5. The second kappa shape index (κ2) is 8.49. The molecule has 0 fully saturated rings. The molecule has 0 spiro atoms. The fourth-order valence-corrected chi connectivity index (χ4v) is 3.95. The fourth-order valence-electron chi connectivity index (χ4n) is 3.95. The number of amides is 2. The maximum atomic E-state index is 13.5. The molecule has 2 amide bonds. The number of para-hydroxylation sites is 1. The van der Waals surface area contributed by atoms with Gasteiger partial charge in [0.25, 0.3) is 5.91 Å². The van der Waals surface area contributed by atoms with E-state index in [0.717, 1.165) is 28.8 Å². The van der Waals surface area contributed by atoms with Crippen molar-refractivity contribution in [2.75, 3.05) is 5.32 Å². The van der Waals surface area contributed by atoms with E-state index < -0.39 is 6.04 Å². The minimum atomic E-state index is -0.487. The number of nitrogens with zero attached hydrogens (tertiary/aromatic N) is 1. The number of hydrogen-bond donors (Lipinski definition) is 1. The molecule has 4 nitrogen and oxygen atoms in total. The molecule has 1 atom stereocenters. The summed E-state index contributed by atoms with van der Waals surface area (Å²) in [6.45, 7) is 2.46. The van der Waals surface area contributed by atoms with Crippen LogP contribution in [0.25, 0.3) is 0 Å². The Labute approximate surface area is 175 Å². The number of carbonyl (C=O) groups is 2. The summed E-state index contributed by atoms with van der Waals surface area (Å²) in [6, 6.07) is 20.7. The lowest BCUT2D eigenvalue weighted by Crippen LogP contribution is -2.32. The van der Waals surface area contributed by atoms with Gasteiger partial charge in [-0.2, -0.15) is 0 Å². The Morgan fingerprint density at radius 2 is 1.73 bits per heavy atom. The Kier molecular flexibility index (Phi) is 5.61. The number of rotatable bonds is 6. The highest BCUT2D eigenvalue weighted by Crippen LogP contribution is 2.34. The number of fused-ring (bicyclic) bond motifs is 1. The third kappa shape index (κ3) is 3.96.